The number of nitrogens with two attached hydrogens (primary N) is 1. The van der Waals surface area contributed by atoms with E-state index in [-0.39, 0.29) is 5.17 Å². The van der Waals surface area contributed by atoms with Crippen LogP contribution in [0.25, 0.3) is 10.9 Å². The van der Waals surface area contributed by atoms with Crippen molar-refractivity contribution < 1.29 is 18.5 Å². The molecule has 9 heteroatoms. The van der Waals surface area contributed by atoms with Gasteiger partial charge in [-0.15, -0.1) is 0 Å². The lowest BCUT2D eigenvalue weighted by molar-refractivity contribution is -0.142. The van der Waals surface area contributed by atoms with Crippen molar-refractivity contribution in [2.45, 2.75) is 25.3 Å². The summed E-state index contributed by atoms with van der Waals surface area (Å²) in [5.41, 5.74) is 7.68. The second kappa shape index (κ2) is 10.4. The van der Waals surface area contributed by atoms with E-state index in [1.54, 1.807) is 6.26 Å². The number of aromatic amines is 1. The van der Waals surface area contributed by atoms with E-state index >= 15 is 0 Å². The van der Waals surface area contributed by atoms with Crippen LogP contribution in [-0.4, -0.2) is 52.0 Å². The van der Waals surface area contributed by atoms with E-state index in [0.717, 1.165) is 29.3 Å². The highest BCUT2D eigenvalue weighted by Gasteiger charge is 2.17. The molecular formula is C18H25N3O4S2. The van der Waals surface area contributed by atoms with Crippen LogP contribution < -0.4 is 15.8 Å². The van der Waals surface area contributed by atoms with Crippen LogP contribution in [0.3, 0.4) is 0 Å². The fourth-order valence-electron chi connectivity index (χ4n) is 2.63. The van der Waals surface area contributed by atoms with Crippen LogP contribution in [0.1, 0.15) is 18.4 Å². The zero-order valence-corrected chi connectivity index (χ0v) is 17.1. The normalized spacial score (nSPS) is 13.1. The van der Waals surface area contributed by atoms with Gasteiger partial charge < -0.3 is 25.5 Å². The minimum absolute atomic E-state index is 0.287. The molecule has 0 radical (unpaired) electrons. The van der Waals surface area contributed by atoms with Crippen molar-refractivity contribution in [3.05, 3.63) is 30.0 Å². The fourth-order valence-corrected chi connectivity index (χ4v) is 3.43. The number of hydrogen-bond acceptors (Lipinski definition) is 6. The van der Waals surface area contributed by atoms with Gasteiger partial charge in [0.2, 0.25) is 0 Å². The van der Waals surface area contributed by atoms with Gasteiger partial charge in [-0.25, -0.2) is 0 Å². The Morgan fingerprint density at radius 1 is 1.41 bits per heavy atom. The molecule has 0 aliphatic carbocycles. The van der Waals surface area contributed by atoms with Gasteiger partial charge >= 0.3 is 5.97 Å². The minimum Gasteiger partial charge on any atom is -0.468 e. The number of benzene rings is 1. The summed E-state index contributed by atoms with van der Waals surface area (Å²) in [5, 5.41) is 4.24. The number of unbranched alkanes of at least 4 members (excludes halogenated alkanes) is 1. The molecule has 0 aliphatic heterocycles. The quantitative estimate of drug-likeness (QED) is 0.327. The Labute approximate surface area is 166 Å². The van der Waals surface area contributed by atoms with Crippen LogP contribution in [0.5, 0.6) is 5.75 Å². The maximum atomic E-state index is 11.5. The Morgan fingerprint density at radius 3 is 2.89 bits per heavy atom. The maximum absolute atomic E-state index is 11.5. The Hall–Kier alpha value is -1.97. The summed E-state index contributed by atoms with van der Waals surface area (Å²) < 4.78 is 21.4. The number of nitrogens with one attached hydrogen (secondary N) is 2. The van der Waals surface area contributed by atoms with E-state index in [1.165, 1.54) is 7.11 Å². The second-order valence-electron chi connectivity index (χ2n) is 6.16. The fraction of sp³-hybridized carbons (Fsp3) is 0.444. The van der Waals surface area contributed by atoms with Gasteiger partial charge in [-0.1, -0.05) is 0 Å². The third-order valence-corrected chi connectivity index (χ3v) is 5.11. The average Bonchev–Trinajstić information content (AvgIpc) is 3.02. The molecule has 0 fully saturated rings. The highest BCUT2D eigenvalue weighted by atomic mass is 32.2. The average molecular weight is 412 g/mol. The molecule has 0 bridgehead atoms. The Morgan fingerprint density at radius 2 is 2.19 bits per heavy atom. The van der Waals surface area contributed by atoms with Crippen LogP contribution in [0.15, 0.2) is 24.4 Å². The van der Waals surface area contributed by atoms with E-state index in [1.807, 2.05) is 24.4 Å². The molecule has 7 nitrogen and oxygen atoms in total. The molecule has 2 atom stereocenters. The highest BCUT2D eigenvalue weighted by molar-refractivity contribution is 7.84. The Kier molecular flexibility index (Phi) is 8.21. The largest absolute Gasteiger partial charge is 0.468 e. The molecule has 0 aliphatic rings. The smallest absolute Gasteiger partial charge is 0.322 e. The second-order valence-corrected chi connectivity index (χ2v) is 8.08. The summed E-state index contributed by atoms with van der Waals surface area (Å²) >= 11 is 5.21. The van der Waals surface area contributed by atoms with E-state index in [4.69, 9.17) is 22.7 Å². The number of fused-ring (bicyclic) bond motifs is 1. The summed E-state index contributed by atoms with van der Waals surface area (Å²) in [6.45, 7) is 0.668. The molecule has 1 aromatic heterocycles. The zero-order chi connectivity index (χ0) is 19.8. The lowest BCUT2D eigenvalue weighted by Crippen LogP contribution is -2.33. The first-order chi connectivity index (χ1) is 12.9. The van der Waals surface area contributed by atoms with E-state index in [9.17, 15) is 9.00 Å². The van der Waals surface area contributed by atoms with Gasteiger partial charge in [0.1, 0.15) is 11.8 Å². The van der Waals surface area contributed by atoms with Crippen molar-refractivity contribution in [2.75, 3.05) is 25.7 Å². The summed E-state index contributed by atoms with van der Waals surface area (Å²) in [6.07, 6.45) is 5.63. The molecule has 0 saturated carbocycles. The molecule has 1 aromatic carbocycles. The van der Waals surface area contributed by atoms with Crippen LogP contribution >= 0.6 is 12.2 Å². The van der Waals surface area contributed by atoms with Crippen molar-refractivity contribution in [1.29, 1.82) is 0 Å². The molecule has 0 amide bonds. The molecule has 0 saturated heterocycles. The number of rotatable bonds is 9. The summed E-state index contributed by atoms with van der Waals surface area (Å²) in [5.74, 6) is 0.840. The van der Waals surface area contributed by atoms with Gasteiger partial charge in [-0.05, 0) is 48.8 Å². The molecule has 2 aromatic rings. The van der Waals surface area contributed by atoms with Crippen LogP contribution in [0, 0.1) is 0 Å². The van der Waals surface area contributed by atoms with E-state index in [0.29, 0.717) is 24.5 Å². The van der Waals surface area contributed by atoms with Gasteiger partial charge in [-0.2, -0.15) is 0 Å². The van der Waals surface area contributed by atoms with Crippen molar-refractivity contribution in [2.24, 2.45) is 5.73 Å². The molecule has 1 heterocycles. The SMILES string of the molecule is COC(=O)[C@@H](N)Cc1c[nH]c2ccc(OC(=S)NCCCCS(C)=O)cc12. The lowest BCUT2D eigenvalue weighted by atomic mass is 10.1. The Balaban J connectivity index is 1.94. The number of ether oxygens (including phenoxy) is 2. The highest BCUT2D eigenvalue weighted by Crippen LogP contribution is 2.24. The van der Waals surface area contributed by atoms with Gasteiger partial charge in [0, 0.05) is 52.9 Å². The third-order valence-electron chi connectivity index (χ3n) is 4.02. The topological polar surface area (TPSA) is 106 Å². The zero-order valence-electron chi connectivity index (χ0n) is 15.4. The van der Waals surface area contributed by atoms with Crippen molar-refractivity contribution in [3.8, 4) is 5.75 Å². The van der Waals surface area contributed by atoms with Crippen LogP contribution in [-0.2, 0) is 26.8 Å². The first kappa shape index (κ1) is 21.3. The molecule has 148 valence electrons. The molecule has 2 rings (SSSR count). The number of thiocarbonyl (C=S) groups is 1. The third kappa shape index (κ3) is 6.60. The van der Waals surface area contributed by atoms with Crippen molar-refractivity contribution in [1.82, 2.24) is 10.3 Å². The Bertz CT molecular complexity index is 822. The first-order valence-electron chi connectivity index (χ1n) is 8.60. The number of carbonyl (C=O) groups excluding carboxylic acids is 1. The number of methoxy groups -OCH3 is 1. The van der Waals surface area contributed by atoms with Crippen LogP contribution in [0.4, 0.5) is 0 Å². The number of H-pyrrole nitrogens is 1. The number of esters is 1. The number of aromatic nitrogens is 1. The summed E-state index contributed by atoms with van der Waals surface area (Å²) in [6, 6.07) is 4.84. The standard InChI is InChI=1S/C18H25N3O4S2/c1-24-17(22)15(19)9-12-11-21-16-6-5-13(10-14(12)16)25-18(26)20-7-3-4-8-27(2)23/h5-6,10-11,15,21H,3-4,7-9,19H2,1-2H3,(H,20,26)/t15-,27?/m0/s1. The molecule has 1 unspecified atom stereocenters. The summed E-state index contributed by atoms with van der Waals surface area (Å²) in [4.78, 5) is 14.7. The molecule has 4 N–H and O–H groups in total. The predicted octanol–water partition coefficient (Wildman–Crippen LogP) is 1.62. The van der Waals surface area contributed by atoms with Crippen molar-refractivity contribution in [3.63, 3.8) is 0 Å². The predicted molar refractivity (Wildman–Crippen MR) is 111 cm³/mol. The molecule has 27 heavy (non-hydrogen) atoms. The number of hydrogen-bond donors (Lipinski definition) is 3. The monoisotopic (exact) mass is 411 g/mol. The summed E-state index contributed by atoms with van der Waals surface area (Å²) in [7, 11) is 0.554. The lowest BCUT2D eigenvalue weighted by Gasteiger charge is -2.10. The van der Waals surface area contributed by atoms with E-state index in [2.05, 4.69) is 15.0 Å². The van der Waals surface area contributed by atoms with Gasteiger partial charge in [0.25, 0.3) is 5.17 Å². The minimum atomic E-state index is -0.764. The van der Waals surface area contributed by atoms with Crippen molar-refractivity contribution >= 4 is 45.1 Å². The van der Waals surface area contributed by atoms with Crippen LogP contribution in [0.2, 0.25) is 0 Å². The first-order valence-corrected chi connectivity index (χ1v) is 10.7. The molecular weight excluding hydrogens is 386 g/mol. The van der Waals surface area contributed by atoms with Gasteiger partial charge in [0.05, 0.1) is 7.11 Å². The van der Waals surface area contributed by atoms with E-state index < -0.39 is 22.8 Å². The van der Waals surface area contributed by atoms with Gasteiger partial charge in [0.15, 0.2) is 0 Å². The maximum Gasteiger partial charge on any atom is 0.322 e. The van der Waals surface area contributed by atoms with Gasteiger partial charge in [-0.3, -0.25) is 9.00 Å². The number of carbonyl (C=O) groups is 1. The molecule has 0 spiro atoms.